The number of benzene rings is 1. The Bertz CT molecular complexity index is 898. The van der Waals surface area contributed by atoms with Gasteiger partial charge < -0.3 is 9.42 Å². The molecule has 0 bridgehead atoms. The maximum absolute atomic E-state index is 12.6. The normalized spacial score (nSPS) is 25.7. The zero-order chi connectivity index (χ0) is 19.0. The van der Waals surface area contributed by atoms with Crippen molar-refractivity contribution in [2.45, 2.75) is 18.9 Å². The third-order valence-corrected chi connectivity index (χ3v) is 6.85. The van der Waals surface area contributed by atoms with Gasteiger partial charge in [-0.3, -0.25) is 4.79 Å². The SMILES string of the molecule is CS(=O)(=O)N1C[C@H]2CN(C(=O)CCc3ccno3)C[C@H]2[C@@H]1c1ccccc1. The number of carbonyl (C=O) groups excluding carboxylic acids is 1. The predicted molar refractivity (Wildman–Crippen MR) is 99.1 cm³/mol. The highest BCUT2D eigenvalue weighted by atomic mass is 32.2. The lowest BCUT2D eigenvalue weighted by Gasteiger charge is -2.28. The molecule has 144 valence electrons. The molecule has 3 atom stereocenters. The molecule has 0 N–H and O–H groups in total. The van der Waals surface area contributed by atoms with Crippen LogP contribution in [0.1, 0.15) is 23.8 Å². The van der Waals surface area contributed by atoms with Gasteiger partial charge in [-0.15, -0.1) is 0 Å². The van der Waals surface area contributed by atoms with Crippen LogP contribution in [0.3, 0.4) is 0 Å². The van der Waals surface area contributed by atoms with Crippen LogP contribution >= 0.6 is 0 Å². The maximum atomic E-state index is 12.6. The highest BCUT2D eigenvalue weighted by Crippen LogP contribution is 2.46. The highest BCUT2D eigenvalue weighted by molar-refractivity contribution is 7.88. The quantitative estimate of drug-likeness (QED) is 0.777. The van der Waals surface area contributed by atoms with Crippen LogP contribution in [0.25, 0.3) is 0 Å². The predicted octanol–water partition coefficient (Wildman–Crippen LogP) is 1.70. The van der Waals surface area contributed by atoms with Crippen LogP contribution in [-0.2, 0) is 21.2 Å². The molecule has 0 aliphatic carbocycles. The first kappa shape index (κ1) is 18.2. The lowest BCUT2D eigenvalue weighted by Crippen LogP contribution is -2.37. The lowest BCUT2D eigenvalue weighted by atomic mass is 9.90. The average molecular weight is 389 g/mol. The Kier molecular flexibility index (Phi) is 4.77. The second-order valence-corrected chi connectivity index (χ2v) is 9.32. The molecular weight excluding hydrogens is 366 g/mol. The van der Waals surface area contributed by atoms with E-state index in [1.54, 1.807) is 16.6 Å². The van der Waals surface area contributed by atoms with Crippen molar-refractivity contribution in [3.8, 4) is 0 Å². The Morgan fingerprint density at radius 2 is 1.96 bits per heavy atom. The Labute approximate surface area is 159 Å². The van der Waals surface area contributed by atoms with Crippen molar-refractivity contribution in [3.05, 3.63) is 53.9 Å². The molecule has 0 spiro atoms. The Balaban J connectivity index is 1.49. The molecule has 7 nitrogen and oxygen atoms in total. The summed E-state index contributed by atoms with van der Waals surface area (Å²) < 4.78 is 31.3. The van der Waals surface area contributed by atoms with E-state index in [4.69, 9.17) is 4.52 Å². The number of sulfonamides is 1. The minimum atomic E-state index is -3.31. The molecular formula is C19H23N3O4S. The molecule has 8 heteroatoms. The summed E-state index contributed by atoms with van der Waals surface area (Å²) in [6.45, 7) is 1.66. The van der Waals surface area contributed by atoms with E-state index < -0.39 is 10.0 Å². The molecule has 4 rings (SSSR count). The van der Waals surface area contributed by atoms with Crippen LogP contribution in [-0.4, -0.2) is 54.6 Å². The van der Waals surface area contributed by atoms with Gasteiger partial charge in [-0.05, 0) is 11.5 Å². The number of rotatable bonds is 5. The first-order chi connectivity index (χ1) is 12.9. The number of fused-ring (bicyclic) bond motifs is 1. The van der Waals surface area contributed by atoms with Crippen LogP contribution in [0.4, 0.5) is 0 Å². The summed E-state index contributed by atoms with van der Waals surface area (Å²) in [5, 5.41) is 3.66. The number of hydrogen-bond acceptors (Lipinski definition) is 5. The fourth-order valence-electron chi connectivity index (χ4n) is 4.37. The maximum Gasteiger partial charge on any atom is 0.223 e. The summed E-state index contributed by atoms with van der Waals surface area (Å²) in [7, 11) is -3.31. The first-order valence-electron chi connectivity index (χ1n) is 9.12. The van der Waals surface area contributed by atoms with Crippen LogP contribution in [0, 0.1) is 11.8 Å². The number of carbonyl (C=O) groups is 1. The number of likely N-dealkylation sites (tertiary alicyclic amines) is 1. The molecule has 3 heterocycles. The fraction of sp³-hybridized carbons (Fsp3) is 0.474. The largest absolute Gasteiger partial charge is 0.361 e. The second kappa shape index (κ2) is 7.09. The fourth-order valence-corrected chi connectivity index (χ4v) is 5.53. The number of hydrogen-bond donors (Lipinski definition) is 0. The van der Waals surface area contributed by atoms with E-state index in [9.17, 15) is 13.2 Å². The standard InChI is InChI=1S/C19H23N3O4S/c1-27(24,25)22-12-15-11-21(18(23)8-7-16-9-10-20-26-16)13-17(15)19(22)14-5-3-2-4-6-14/h2-6,9-10,15,17,19H,7-8,11-13H2,1H3/t15-,17-,19+/m1/s1. The van der Waals surface area contributed by atoms with Crippen LogP contribution in [0.15, 0.2) is 47.1 Å². The van der Waals surface area contributed by atoms with E-state index in [0.717, 1.165) is 5.56 Å². The highest BCUT2D eigenvalue weighted by Gasteiger charge is 2.51. The molecule has 2 fully saturated rings. The van der Waals surface area contributed by atoms with Gasteiger partial charge in [-0.1, -0.05) is 35.5 Å². The third-order valence-electron chi connectivity index (χ3n) is 5.62. The summed E-state index contributed by atoms with van der Waals surface area (Å²) in [4.78, 5) is 14.5. The molecule has 0 radical (unpaired) electrons. The summed E-state index contributed by atoms with van der Waals surface area (Å²) >= 11 is 0. The minimum Gasteiger partial charge on any atom is -0.361 e. The van der Waals surface area contributed by atoms with Crippen LogP contribution < -0.4 is 0 Å². The van der Waals surface area contributed by atoms with Gasteiger partial charge >= 0.3 is 0 Å². The topological polar surface area (TPSA) is 83.7 Å². The number of nitrogens with zero attached hydrogens (tertiary/aromatic N) is 3. The van der Waals surface area contributed by atoms with Gasteiger partial charge in [0, 0.05) is 44.5 Å². The van der Waals surface area contributed by atoms with Gasteiger partial charge in [0.15, 0.2) is 0 Å². The molecule has 1 aromatic carbocycles. The molecule has 2 aromatic rings. The van der Waals surface area contributed by atoms with Crippen molar-refractivity contribution in [1.29, 1.82) is 0 Å². The smallest absolute Gasteiger partial charge is 0.223 e. The number of amides is 1. The monoisotopic (exact) mass is 389 g/mol. The molecule has 0 unspecified atom stereocenters. The number of aryl methyl sites for hydroxylation is 1. The minimum absolute atomic E-state index is 0.0820. The van der Waals surface area contributed by atoms with E-state index >= 15 is 0 Å². The Morgan fingerprint density at radius 3 is 2.63 bits per heavy atom. The van der Waals surface area contributed by atoms with Crippen molar-refractivity contribution in [3.63, 3.8) is 0 Å². The van der Waals surface area contributed by atoms with E-state index in [-0.39, 0.29) is 23.8 Å². The van der Waals surface area contributed by atoms with E-state index in [1.165, 1.54) is 6.26 Å². The molecule has 2 aliphatic heterocycles. The van der Waals surface area contributed by atoms with E-state index in [0.29, 0.717) is 38.2 Å². The molecule has 1 aromatic heterocycles. The summed E-state index contributed by atoms with van der Waals surface area (Å²) in [6.07, 6.45) is 3.75. The van der Waals surface area contributed by atoms with Crippen LogP contribution in [0.2, 0.25) is 0 Å². The van der Waals surface area contributed by atoms with Crippen molar-refractivity contribution >= 4 is 15.9 Å². The zero-order valence-corrected chi connectivity index (χ0v) is 16.0. The summed E-state index contributed by atoms with van der Waals surface area (Å²) in [5.41, 5.74) is 0.992. The summed E-state index contributed by atoms with van der Waals surface area (Å²) in [5.74, 6) is 1.07. The molecule has 2 saturated heterocycles. The lowest BCUT2D eigenvalue weighted by molar-refractivity contribution is -0.130. The molecule has 0 saturated carbocycles. The second-order valence-electron chi connectivity index (χ2n) is 7.39. The van der Waals surface area contributed by atoms with Crippen molar-refractivity contribution < 1.29 is 17.7 Å². The average Bonchev–Trinajstić information content (AvgIpc) is 3.35. The first-order valence-corrected chi connectivity index (χ1v) is 11.0. The molecule has 2 aliphatic rings. The van der Waals surface area contributed by atoms with E-state index in [1.807, 2.05) is 35.2 Å². The van der Waals surface area contributed by atoms with Crippen LogP contribution in [0.5, 0.6) is 0 Å². The van der Waals surface area contributed by atoms with Gasteiger partial charge in [0.25, 0.3) is 0 Å². The van der Waals surface area contributed by atoms with Crippen molar-refractivity contribution in [2.75, 3.05) is 25.9 Å². The zero-order valence-electron chi connectivity index (χ0n) is 15.2. The van der Waals surface area contributed by atoms with E-state index in [2.05, 4.69) is 5.16 Å². The van der Waals surface area contributed by atoms with Gasteiger partial charge in [-0.25, -0.2) is 8.42 Å². The third kappa shape index (κ3) is 3.64. The van der Waals surface area contributed by atoms with Crippen molar-refractivity contribution in [1.82, 2.24) is 14.4 Å². The van der Waals surface area contributed by atoms with Gasteiger partial charge in [-0.2, -0.15) is 4.31 Å². The summed E-state index contributed by atoms with van der Waals surface area (Å²) in [6, 6.07) is 11.3. The Hall–Kier alpha value is -2.19. The van der Waals surface area contributed by atoms with Gasteiger partial charge in [0.2, 0.25) is 15.9 Å². The molecule has 27 heavy (non-hydrogen) atoms. The molecule has 1 amide bonds. The van der Waals surface area contributed by atoms with Crippen molar-refractivity contribution in [2.24, 2.45) is 11.8 Å². The van der Waals surface area contributed by atoms with Gasteiger partial charge in [0.05, 0.1) is 18.5 Å². The number of aromatic nitrogens is 1. The Morgan fingerprint density at radius 1 is 1.19 bits per heavy atom. The van der Waals surface area contributed by atoms with Gasteiger partial charge in [0.1, 0.15) is 5.76 Å².